The number of fused-ring (bicyclic) bond motifs is 3. The van der Waals surface area contributed by atoms with Crippen LogP contribution in [-0.2, 0) is 9.53 Å². The summed E-state index contributed by atoms with van der Waals surface area (Å²) >= 11 is 1.30. The topological polar surface area (TPSA) is 65.2 Å². The first kappa shape index (κ1) is 13.9. The summed E-state index contributed by atoms with van der Waals surface area (Å²) in [6.45, 7) is 3.65. The molecule has 0 amide bonds. The van der Waals surface area contributed by atoms with Crippen molar-refractivity contribution in [1.82, 2.24) is 9.97 Å². The van der Waals surface area contributed by atoms with Crippen molar-refractivity contribution in [3.8, 4) is 0 Å². The Bertz CT molecular complexity index is 798. The molecule has 0 aliphatic carbocycles. The highest BCUT2D eigenvalue weighted by atomic mass is 32.2. The standard InChI is InChI=1S/C15H14N2O3S/c1-9(2)19-12(18)7-21-15-14-13(16-8-17-15)10-5-3-4-6-11(10)20-14/h3-6,8-9H,7H2,1-2H3. The number of carbonyl (C=O) groups excluding carboxylic acids is 1. The van der Waals surface area contributed by atoms with Gasteiger partial charge in [0, 0.05) is 5.39 Å². The van der Waals surface area contributed by atoms with Gasteiger partial charge in [0.25, 0.3) is 0 Å². The molecule has 0 unspecified atom stereocenters. The number of furan rings is 1. The van der Waals surface area contributed by atoms with Crippen molar-refractivity contribution in [2.45, 2.75) is 25.0 Å². The summed E-state index contributed by atoms with van der Waals surface area (Å²) in [6, 6.07) is 7.69. The van der Waals surface area contributed by atoms with Crippen LogP contribution in [-0.4, -0.2) is 27.8 Å². The lowest BCUT2D eigenvalue weighted by molar-refractivity contribution is -0.144. The van der Waals surface area contributed by atoms with Crippen LogP contribution in [0.2, 0.25) is 0 Å². The Labute approximate surface area is 125 Å². The second-order valence-electron chi connectivity index (χ2n) is 4.78. The van der Waals surface area contributed by atoms with Crippen LogP contribution in [0, 0.1) is 0 Å². The minimum atomic E-state index is -0.266. The van der Waals surface area contributed by atoms with E-state index in [1.807, 2.05) is 38.1 Å². The summed E-state index contributed by atoms with van der Waals surface area (Å²) in [7, 11) is 0. The highest BCUT2D eigenvalue weighted by Crippen LogP contribution is 2.32. The Morgan fingerprint density at radius 2 is 2.14 bits per heavy atom. The van der Waals surface area contributed by atoms with Crippen molar-refractivity contribution in [2.75, 3.05) is 5.75 Å². The van der Waals surface area contributed by atoms with Gasteiger partial charge >= 0.3 is 5.97 Å². The maximum atomic E-state index is 11.6. The van der Waals surface area contributed by atoms with Gasteiger partial charge in [-0.2, -0.15) is 0 Å². The van der Waals surface area contributed by atoms with Gasteiger partial charge < -0.3 is 9.15 Å². The van der Waals surface area contributed by atoms with E-state index in [1.165, 1.54) is 18.1 Å². The number of thioether (sulfide) groups is 1. The zero-order valence-corrected chi connectivity index (χ0v) is 12.5. The monoisotopic (exact) mass is 302 g/mol. The number of esters is 1. The molecule has 6 heteroatoms. The molecule has 0 fully saturated rings. The SMILES string of the molecule is CC(C)OC(=O)CSc1ncnc2c1oc1ccccc12. The molecule has 0 saturated carbocycles. The third-order valence-corrected chi connectivity index (χ3v) is 3.76. The van der Waals surface area contributed by atoms with E-state index in [1.54, 1.807) is 0 Å². The van der Waals surface area contributed by atoms with Gasteiger partial charge in [0.05, 0.1) is 11.9 Å². The van der Waals surface area contributed by atoms with Crippen LogP contribution >= 0.6 is 11.8 Å². The smallest absolute Gasteiger partial charge is 0.316 e. The average molecular weight is 302 g/mol. The fourth-order valence-electron chi connectivity index (χ4n) is 2.03. The molecule has 108 valence electrons. The normalized spacial score (nSPS) is 11.4. The summed E-state index contributed by atoms with van der Waals surface area (Å²) < 4.78 is 10.9. The first-order valence-electron chi connectivity index (χ1n) is 6.59. The minimum absolute atomic E-state index is 0.116. The molecule has 0 aliphatic rings. The molecule has 0 saturated heterocycles. The molecule has 0 aliphatic heterocycles. The predicted octanol–water partition coefficient (Wildman–Crippen LogP) is 3.42. The van der Waals surface area contributed by atoms with E-state index in [9.17, 15) is 4.79 Å². The Hall–Kier alpha value is -2.08. The number of ether oxygens (including phenoxy) is 1. The molecule has 2 heterocycles. The molecule has 0 N–H and O–H groups in total. The van der Waals surface area contributed by atoms with E-state index in [0.29, 0.717) is 10.6 Å². The second-order valence-corrected chi connectivity index (χ2v) is 5.75. The van der Waals surface area contributed by atoms with Crippen LogP contribution in [0.1, 0.15) is 13.8 Å². The maximum Gasteiger partial charge on any atom is 0.316 e. The van der Waals surface area contributed by atoms with E-state index in [4.69, 9.17) is 9.15 Å². The number of rotatable bonds is 4. The lowest BCUT2D eigenvalue weighted by Gasteiger charge is -2.06. The van der Waals surface area contributed by atoms with Crippen LogP contribution in [0.15, 0.2) is 40.0 Å². The minimum Gasteiger partial charge on any atom is -0.462 e. The zero-order chi connectivity index (χ0) is 14.8. The van der Waals surface area contributed by atoms with E-state index in [0.717, 1.165) is 16.5 Å². The molecule has 5 nitrogen and oxygen atoms in total. The third-order valence-electron chi connectivity index (χ3n) is 2.82. The van der Waals surface area contributed by atoms with Crippen molar-refractivity contribution in [3.05, 3.63) is 30.6 Å². The Kier molecular flexibility index (Phi) is 3.79. The van der Waals surface area contributed by atoms with Crippen molar-refractivity contribution < 1.29 is 13.9 Å². The molecule has 21 heavy (non-hydrogen) atoms. The summed E-state index contributed by atoms with van der Waals surface area (Å²) in [6.07, 6.45) is 1.37. The summed E-state index contributed by atoms with van der Waals surface area (Å²) in [5.41, 5.74) is 2.14. The van der Waals surface area contributed by atoms with Crippen LogP contribution in [0.4, 0.5) is 0 Å². The molecule has 3 rings (SSSR count). The summed E-state index contributed by atoms with van der Waals surface area (Å²) in [5, 5.41) is 1.60. The molecule has 1 aromatic carbocycles. The van der Waals surface area contributed by atoms with Crippen LogP contribution in [0.25, 0.3) is 22.1 Å². The molecule has 0 bridgehead atoms. The predicted molar refractivity (Wildman–Crippen MR) is 81.3 cm³/mol. The first-order chi connectivity index (χ1) is 10.1. The van der Waals surface area contributed by atoms with Gasteiger partial charge in [-0.1, -0.05) is 23.9 Å². The number of benzene rings is 1. The maximum absolute atomic E-state index is 11.6. The van der Waals surface area contributed by atoms with E-state index >= 15 is 0 Å². The molecule has 3 aromatic rings. The first-order valence-corrected chi connectivity index (χ1v) is 7.58. The third kappa shape index (κ3) is 2.85. The fraction of sp³-hybridized carbons (Fsp3) is 0.267. The number of hydrogen-bond donors (Lipinski definition) is 0. The van der Waals surface area contributed by atoms with Gasteiger partial charge in [-0.15, -0.1) is 0 Å². The second kappa shape index (κ2) is 5.73. The van der Waals surface area contributed by atoms with Crippen LogP contribution in [0.5, 0.6) is 0 Å². The number of aromatic nitrogens is 2. The number of para-hydroxylation sites is 1. The molecule has 0 atom stereocenters. The average Bonchev–Trinajstić information content (AvgIpc) is 2.83. The van der Waals surface area contributed by atoms with Gasteiger partial charge in [0.15, 0.2) is 5.58 Å². The Morgan fingerprint density at radius 3 is 2.95 bits per heavy atom. The van der Waals surface area contributed by atoms with E-state index < -0.39 is 0 Å². The lowest BCUT2D eigenvalue weighted by Crippen LogP contribution is -2.13. The highest BCUT2D eigenvalue weighted by Gasteiger charge is 2.15. The summed E-state index contributed by atoms with van der Waals surface area (Å²) in [4.78, 5) is 20.1. The van der Waals surface area contributed by atoms with Crippen molar-refractivity contribution >= 4 is 39.8 Å². The summed E-state index contributed by atoms with van der Waals surface area (Å²) in [5.74, 6) is -0.0701. The van der Waals surface area contributed by atoms with Crippen molar-refractivity contribution in [3.63, 3.8) is 0 Å². The van der Waals surface area contributed by atoms with Crippen molar-refractivity contribution in [1.29, 1.82) is 0 Å². The van der Waals surface area contributed by atoms with Crippen LogP contribution in [0.3, 0.4) is 0 Å². The van der Waals surface area contributed by atoms with Gasteiger partial charge in [-0.25, -0.2) is 9.97 Å². The molecule has 0 radical (unpaired) electrons. The van der Waals surface area contributed by atoms with Gasteiger partial charge in [0.1, 0.15) is 22.5 Å². The van der Waals surface area contributed by atoms with Gasteiger partial charge in [0.2, 0.25) is 0 Å². The molecular formula is C15H14N2O3S. The largest absolute Gasteiger partial charge is 0.462 e. The number of carbonyl (C=O) groups is 1. The van der Waals surface area contributed by atoms with E-state index in [2.05, 4.69) is 9.97 Å². The molecule has 2 aromatic heterocycles. The zero-order valence-electron chi connectivity index (χ0n) is 11.7. The lowest BCUT2D eigenvalue weighted by atomic mass is 10.2. The van der Waals surface area contributed by atoms with E-state index in [-0.39, 0.29) is 17.8 Å². The fourth-order valence-corrected chi connectivity index (χ4v) is 2.74. The molecule has 0 spiro atoms. The number of nitrogens with zero attached hydrogens (tertiary/aromatic N) is 2. The van der Waals surface area contributed by atoms with Crippen molar-refractivity contribution in [2.24, 2.45) is 0 Å². The van der Waals surface area contributed by atoms with Crippen LogP contribution < -0.4 is 0 Å². The van der Waals surface area contributed by atoms with Gasteiger partial charge in [-0.05, 0) is 26.0 Å². The Balaban J connectivity index is 1.90. The molecular weight excluding hydrogens is 288 g/mol. The highest BCUT2D eigenvalue weighted by molar-refractivity contribution is 8.00. The van der Waals surface area contributed by atoms with Gasteiger partial charge in [-0.3, -0.25) is 4.79 Å². The number of hydrogen-bond acceptors (Lipinski definition) is 6. The quantitative estimate of drug-likeness (QED) is 0.418. The Morgan fingerprint density at radius 1 is 1.33 bits per heavy atom.